The molecule has 0 bridgehead atoms. The average molecular weight is 178 g/mol. The molecule has 0 radical (unpaired) electrons. The quantitative estimate of drug-likeness (QED) is 0.438. The molecule has 0 aromatic heterocycles. The third-order valence-electron chi connectivity index (χ3n) is 2.23. The molecule has 1 fully saturated rings. The molecule has 1 aliphatic carbocycles. The Morgan fingerprint density at radius 1 is 1.45 bits per heavy atom. The first-order valence-electron chi connectivity index (χ1n) is 3.69. The number of sulfone groups is 1. The maximum Gasteiger partial charge on any atom is 0.150 e. The average Bonchev–Trinajstić information content (AvgIpc) is 2.32. The van der Waals surface area contributed by atoms with Crippen molar-refractivity contribution in [2.24, 2.45) is 5.84 Å². The van der Waals surface area contributed by atoms with E-state index in [1.807, 2.05) is 0 Å². The topological polar surface area (TPSA) is 72.2 Å². The van der Waals surface area contributed by atoms with Gasteiger partial charge in [-0.3, -0.25) is 11.3 Å². The van der Waals surface area contributed by atoms with Crippen LogP contribution in [0.4, 0.5) is 0 Å². The zero-order valence-electron chi connectivity index (χ0n) is 6.58. The van der Waals surface area contributed by atoms with Gasteiger partial charge >= 0.3 is 0 Å². The van der Waals surface area contributed by atoms with Crippen LogP contribution < -0.4 is 11.3 Å². The summed E-state index contributed by atoms with van der Waals surface area (Å²) in [6.45, 7) is 0. The first kappa shape index (κ1) is 8.96. The minimum absolute atomic E-state index is 0.177. The standard InChI is InChI=1S/C6H14N2O2S/c1-11(9,10)6-3-2-5(4-6)8-7/h5-6,8H,2-4,7H2,1H3. The summed E-state index contributed by atoms with van der Waals surface area (Å²) in [5.41, 5.74) is 2.60. The molecule has 1 aliphatic rings. The van der Waals surface area contributed by atoms with E-state index in [1.54, 1.807) is 0 Å². The Hall–Kier alpha value is -0.130. The van der Waals surface area contributed by atoms with E-state index in [0.717, 1.165) is 12.8 Å². The first-order chi connectivity index (χ1) is 5.04. The van der Waals surface area contributed by atoms with Gasteiger partial charge in [0.15, 0.2) is 0 Å². The van der Waals surface area contributed by atoms with E-state index in [4.69, 9.17) is 5.84 Å². The van der Waals surface area contributed by atoms with Crippen molar-refractivity contribution >= 4 is 9.84 Å². The lowest BCUT2D eigenvalue weighted by Crippen LogP contribution is -2.33. The van der Waals surface area contributed by atoms with Gasteiger partial charge in [-0.25, -0.2) is 8.42 Å². The Bertz CT molecular complexity index is 225. The van der Waals surface area contributed by atoms with Gasteiger partial charge in [-0.1, -0.05) is 0 Å². The van der Waals surface area contributed by atoms with Crippen molar-refractivity contribution in [2.45, 2.75) is 30.6 Å². The molecule has 11 heavy (non-hydrogen) atoms. The molecule has 2 unspecified atom stereocenters. The Morgan fingerprint density at radius 3 is 2.36 bits per heavy atom. The molecule has 1 rings (SSSR count). The third-order valence-corrected chi connectivity index (χ3v) is 3.86. The molecule has 1 saturated carbocycles. The van der Waals surface area contributed by atoms with Gasteiger partial charge in [0, 0.05) is 12.3 Å². The van der Waals surface area contributed by atoms with Crippen LogP contribution in [0.3, 0.4) is 0 Å². The summed E-state index contributed by atoms with van der Waals surface area (Å²) in [6, 6.07) is 0.190. The molecule has 66 valence electrons. The van der Waals surface area contributed by atoms with Crippen LogP contribution in [-0.2, 0) is 9.84 Å². The maximum absolute atomic E-state index is 11.0. The second kappa shape index (κ2) is 3.08. The lowest BCUT2D eigenvalue weighted by atomic mass is 10.3. The van der Waals surface area contributed by atoms with Crippen molar-refractivity contribution < 1.29 is 8.42 Å². The van der Waals surface area contributed by atoms with Crippen LogP contribution in [0.5, 0.6) is 0 Å². The van der Waals surface area contributed by atoms with E-state index in [-0.39, 0.29) is 11.3 Å². The van der Waals surface area contributed by atoms with Crippen molar-refractivity contribution in [3.63, 3.8) is 0 Å². The fourth-order valence-electron chi connectivity index (χ4n) is 1.48. The van der Waals surface area contributed by atoms with Crippen molar-refractivity contribution in [3.05, 3.63) is 0 Å². The summed E-state index contributed by atoms with van der Waals surface area (Å²) in [6.07, 6.45) is 3.56. The molecule has 0 aliphatic heterocycles. The van der Waals surface area contributed by atoms with Crippen molar-refractivity contribution in [3.8, 4) is 0 Å². The number of nitrogens with one attached hydrogen (secondary N) is 1. The molecule has 0 aromatic carbocycles. The highest BCUT2D eigenvalue weighted by atomic mass is 32.2. The minimum atomic E-state index is -2.84. The number of rotatable bonds is 2. The van der Waals surface area contributed by atoms with Crippen LogP contribution in [0.25, 0.3) is 0 Å². The Balaban J connectivity index is 2.55. The number of hydrogen-bond acceptors (Lipinski definition) is 4. The predicted octanol–water partition coefficient (Wildman–Crippen LogP) is -0.585. The fourth-order valence-corrected chi connectivity index (χ4v) is 2.63. The minimum Gasteiger partial charge on any atom is -0.271 e. The third kappa shape index (κ3) is 2.15. The lowest BCUT2D eigenvalue weighted by Gasteiger charge is -2.07. The van der Waals surface area contributed by atoms with E-state index in [1.165, 1.54) is 6.26 Å². The van der Waals surface area contributed by atoms with Gasteiger partial charge in [0.25, 0.3) is 0 Å². The Kier molecular flexibility index (Phi) is 2.51. The summed E-state index contributed by atoms with van der Waals surface area (Å²) >= 11 is 0. The van der Waals surface area contributed by atoms with Gasteiger partial charge in [0.1, 0.15) is 9.84 Å². The van der Waals surface area contributed by atoms with Crippen LogP contribution in [-0.4, -0.2) is 26.0 Å². The molecule has 2 atom stereocenters. The highest BCUT2D eigenvalue weighted by Crippen LogP contribution is 2.23. The van der Waals surface area contributed by atoms with E-state index >= 15 is 0 Å². The Labute approximate surface area is 67.0 Å². The van der Waals surface area contributed by atoms with Gasteiger partial charge in [-0.15, -0.1) is 0 Å². The van der Waals surface area contributed by atoms with E-state index < -0.39 is 9.84 Å². The van der Waals surface area contributed by atoms with Crippen LogP contribution in [0, 0.1) is 0 Å². The molecule has 0 heterocycles. The lowest BCUT2D eigenvalue weighted by molar-refractivity contribution is 0.540. The Morgan fingerprint density at radius 2 is 2.09 bits per heavy atom. The highest BCUT2D eigenvalue weighted by molar-refractivity contribution is 7.91. The fraction of sp³-hybridized carbons (Fsp3) is 1.00. The number of hydrazine groups is 1. The van der Waals surface area contributed by atoms with Crippen molar-refractivity contribution in [2.75, 3.05) is 6.26 Å². The molecule has 3 N–H and O–H groups in total. The maximum atomic E-state index is 11.0. The molecule has 4 nitrogen and oxygen atoms in total. The zero-order chi connectivity index (χ0) is 8.48. The molecular formula is C6H14N2O2S. The summed E-state index contributed by atoms with van der Waals surface area (Å²) in [4.78, 5) is 0. The molecule has 0 amide bonds. The van der Waals surface area contributed by atoms with Crippen LogP contribution >= 0.6 is 0 Å². The second-order valence-corrected chi connectivity index (χ2v) is 5.45. The summed E-state index contributed by atoms with van der Waals surface area (Å²) < 4.78 is 22.1. The first-order valence-corrected chi connectivity index (χ1v) is 5.64. The highest BCUT2D eigenvalue weighted by Gasteiger charge is 2.30. The summed E-state index contributed by atoms with van der Waals surface area (Å²) in [7, 11) is -2.84. The number of hydrogen-bond donors (Lipinski definition) is 2. The van der Waals surface area contributed by atoms with E-state index in [9.17, 15) is 8.42 Å². The molecule has 5 heteroatoms. The van der Waals surface area contributed by atoms with Crippen molar-refractivity contribution in [1.82, 2.24) is 5.43 Å². The smallest absolute Gasteiger partial charge is 0.150 e. The van der Waals surface area contributed by atoms with Crippen LogP contribution in [0.1, 0.15) is 19.3 Å². The summed E-state index contributed by atoms with van der Waals surface area (Å²) in [5, 5.41) is -0.177. The molecule has 0 aromatic rings. The van der Waals surface area contributed by atoms with Gasteiger partial charge in [0.05, 0.1) is 5.25 Å². The SMILES string of the molecule is CS(=O)(=O)C1CCC(NN)C1. The van der Waals surface area contributed by atoms with Crippen LogP contribution in [0.2, 0.25) is 0 Å². The van der Waals surface area contributed by atoms with Gasteiger partial charge in [-0.05, 0) is 19.3 Å². The number of nitrogens with two attached hydrogens (primary N) is 1. The van der Waals surface area contributed by atoms with E-state index in [2.05, 4.69) is 5.43 Å². The molecule has 0 spiro atoms. The van der Waals surface area contributed by atoms with Gasteiger partial charge < -0.3 is 0 Å². The molecular weight excluding hydrogens is 164 g/mol. The normalized spacial score (nSPS) is 32.5. The zero-order valence-corrected chi connectivity index (χ0v) is 7.39. The monoisotopic (exact) mass is 178 g/mol. The summed E-state index contributed by atoms with van der Waals surface area (Å²) in [5.74, 6) is 5.19. The van der Waals surface area contributed by atoms with Gasteiger partial charge in [-0.2, -0.15) is 0 Å². The predicted molar refractivity (Wildman–Crippen MR) is 43.6 cm³/mol. The van der Waals surface area contributed by atoms with Crippen molar-refractivity contribution in [1.29, 1.82) is 0 Å². The second-order valence-electron chi connectivity index (χ2n) is 3.13. The largest absolute Gasteiger partial charge is 0.271 e. The van der Waals surface area contributed by atoms with Gasteiger partial charge in [0.2, 0.25) is 0 Å². The molecule has 0 saturated heterocycles. The van der Waals surface area contributed by atoms with Crippen LogP contribution in [0.15, 0.2) is 0 Å². The van der Waals surface area contributed by atoms with E-state index in [0.29, 0.717) is 6.42 Å².